The molecule has 4 aromatic rings. The van der Waals surface area contributed by atoms with E-state index in [2.05, 4.69) is 95.0 Å². The number of pyridine rings is 1. The van der Waals surface area contributed by atoms with Gasteiger partial charge in [-0.15, -0.1) is 22.7 Å². The van der Waals surface area contributed by atoms with E-state index >= 15 is 0 Å². The molecule has 0 radical (unpaired) electrons. The summed E-state index contributed by atoms with van der Waals surface area (Å²) < 4.78 is 3.18. The van der Waals surface area contributed by atoms with Crippen molar-refractivity contribution >= 4 is 62.3 Å². The maximum absolute atomic E-state index is 13.1. The number of thiazole rings is 1. The molecule has 11 heteroatoms. The van der Waals surface area contributed by atoms with Crippen molar-refractivity contribution in [2.45, 2.75) is 27.7 Å². The second-order valence-corrected chi connectivity index (χ2v) is 12.4. The highest BCUT2D eigenvalue weighted by Crippen LogP contribution is 2.35. The molecule has 3 aromatic heterocycles. The van der Waals surface area contributed by atoms with E-state index in [4.69, 9.17) is 9.97 Å². The van der Waals surface area contributed by atoms with E-state index in [0.29, 0.717) is 13.1 Å². The van der Waals surface area contributed by atoms with Gasteiger partial charge in [-0.05, 0) is 62.4 Å². The first kappa shape index (κ1) is 30.2. The molecule has 1 fully saturated rings. The van der Waals surface area contributed by atoms with Crippen LogP contribution in [0.1, 0.15) is 27.7 Å². The van der Waals surface area contributed by atoms with E-state index in [1.165, 1.54) is 22.5 Å². The number of amides is 1. The summed E-state index contributed by atoms with van der Waals surface area (Å²) in [7, 11) is 0. The van der Waals surface area contributed by atoms with Crippen molar-refractivity contribution in [2.24, 2.45) is 0 Å². The number of rotatable bonds is 11. The van der Waals surface area contributed by atoms with Gasteiger partial charge in [0.15, 0.2) is 10.9 Å². The highest BCUT2D eigenvalue weighted by Gasteiger charge is 2.26. The van der Waals surface area contributed by atoms with Crippen molar-refractivity contribution in [3.63, 3.8) is 0 Å². The molecule has 1 aliphatic heterocycles. The molecule has 0 bridgehead atoms. The lowest BCUT2D eigenvalue weighted by molar-refractivity contribution is 0.219. The van der Waals surface area contributed by atoms with Crippen molar-refractivity contribution in [1.82, 2.24) is 14.9 Å². The minimum Gasteiger partial charge on any atom is -0.369 e. The van der Waals surface area contributed by atoms with Gasteiger partial charge in [-0.1, -0.05) is 30.3 Å². The zero-order valence-electron chi connectivity index (χ0n) is 24.7. The van der Waals surface area contributed by atoms with Crippen molar-refractivity contribution in [1.29, 1.82) is 0 Å². The molecule has 0 spiro atoms. The van der Waals surface area contributed by atoms with Gasteiger partial charge in [0.1, 0.15) is 5.82 Å². The van der Waals surface area contributed by atoms with Gasteiger partial charge in [0, 0.05) is 69.7 Å². The van der Waals surface area contributed by atoms with E-state index in [1.54, 1.807) is 11.3 Å². The SMILES string of the molecule is CCN(CC)c1ccc(N(CC)CC)c(N2CCN(C(=O)SNc3nc(-c4cc(-c5ccccc5)cs4)cs3)CC2)n1. The largest absolute Gasteiger partial charge is 0.369 e. The maximum atomic E-state index is 13.1. The Morgan fingerprint density at radius 2 is 1.57 bits per heavy atom. The van der Waals surface area contributed by atoms with Crippen LogP contribution in [0.25, 0.3) is 21.7 Å². The van der Waals surface area contributed by atoms with E-state index in [-0.39, 0.29) is 5.24 Å². The average Bonchev–Trinajstić information content (AvgIpc) is 3.72. The second kappa shape index (κ2) is 14.3. The molecule has 222 valence electrons. The summed E-state index contributed by atoms with van der Waals surface area (Å²) in [4.78, 5) is 33.0. The Labute approximate surface area is 261 Å². The minimum atomic E-state index is 0.0164. The number of thiophene rings is 1. The molecule has 0 unspecified atom stereocenters. The fraction of sp³-hybridized carbons (Fsp3) is 0.387. The van der Waals surface area contributed by atoms with Gasteiger partial charge < -0.3 is 19.6 Å². The third-order valence-corrected chi connectivity index (χ3v) is 10.1. The lowest BCUT2D eigenvalue weighted by Crippen LogP contribution is -2.48. The number of nitrogens with zero attached hydrogens (tertiary/aromatic N) is 6. The smallest absolute Gasteiger partial charge is 0.302 e. The number of nitrogens with one attached hydrogen (secondary N) is 1. The van der Waals surface area contributed by atoms with E-state index in [1.807, 2.05) is 16.3 Å². The van der Waals surface area contributed by atoms with Crippen LogP contribution in [-0.2, 0) is 0 Å². The summed E-state index contributed by atoms with van der Waals surface area (Å²) in [5.41, 5.74) is 4.49. The van der Waals surface area contributed by atoms with Gasteiger partial charge in [-0.25, -0.2) is 9.97 Å². The van der Waals surface area contributed by atoms with Crippen LogP contribution in [0.15, 0.2) is 59.3 Å². The molecule has 1 amide bonds. The van der Waals surface area contributed by atoms with Crippen LogP contribution in [0.2, 0.25) is 0 Å². The lowest BCUT2D eigenvalue weighted by atomic mass is 10.1. The fourth-order valence-corrected chi connectivity index (χ4v) is 7.49. The molecule has 42 heavy (non-hydrogen) atoms. The Bertz CT molecular complexity index is 1440. The highest BCUT2D eigenvalue weighted by atomic mass is 32.2. The molecule has 8 nitrogen and oxygen atoms in total. The summed E-state index contributed by atoms with van der Waals surface area (Å²) in [6, 6.07) is 16.9. The van der Waals surface area contributed by atoms with Crippen LogP contribution in [0.5, 0.6) is 0 Å². The van der Waals surface area contributed by atoms with Crippen molar-refractivity contribution in [2.75, 3.05) is 71.8 Å². The van der Waals surface area contributed by atoms with Gasteiger partial charge in [0.05, 0.1) is 16.3 Å². The second-order valence-electron chi connectivity index (χ2n) is 9.90. The van der Waals surface area contributed by atoms with Crippen LogP contribution in [0, 0.1) is 0 Å². The first-order valence-electron chi connectivity index (χ1n) is 14.6. The summed E-state index contributed by atoms with van der Waals surface area (Å²) >= 11 is 4.32. The Kier molecular flexibility index (Phi) is 10.2. The van der Waals surface area contributed by atoms with Crippen molar-refractivity contribution < 1.29 is 4.79 Å². The molecule has 1 saturated heterocycles. The van der Waals surface area contributed by atoms with Crippen LogP contribution in [-0.4, -0.2) is 72.5 Å². The Morgan fingerprint density at radius 1 is 0.857 bits per heavy atom. The van der Waals surface area contributed by atoms with Gasteiger partial charge in [0.25, 0.3) is 0 Å². The third kappa shape index (κ3) is 6.85. The van der Waals surface area contributed by atoms with E-state index < -0.39 is 0 Å². The zero-order valence-corrected chi connectivity index (χ0v) is 27.2. The third-order valence-electron chi connectivity index (χ3n) is 7.56. The number of aromatic nitrogens is 2. The highest BCUT2D eigenvalue weighted by molar-refractivity contribution is 8.14. The van der Waals surface area contributed by atoms with Crippen LogP contribution < -0.4 is 19.4 Å². The Balaban J connectivity index is 1.18. The van der Waals surface area contributed by atoms with Crippen LogP contribution in [0.4, 0.5) is 27.2 Å². The number of benzene rings is 1. The average molecular weight is 622 g/mol. The summed E-state index contributed by atoms with van der Waals surface area (Å²) in [6.07, 6.45) is 0. The Morgan fingerprint density at radius 3 is 2.26 bits per heavy atom. The van der Waals surface area contributed by atoms with Crippen LogP contribution in [0.3, 0.4) is 0 Å². The topological polar surface area (TPSA) is 67.8 Å². The number of carbonyl (C=O) groups excluding carboxylic acids is 1. The normalized spacial score (nSPS) is 13.3. The molecule has 1 aliphatic rings. The fourth-order valence-electron chi connectivity index (χ4n) is 5.14. The predicted octanol–water partition coefficient (Wildman–Crippen LogP) is 7.63. The molecular weight excluding hydrogens is 583 g/mol. The molecule has 5 rings (SSSR count). The summed E-state index contributed by atoms with van der Waals surface area (Å²) in [5, 5.41) is 4.95. The van der Waals surface area contributed by atoms with Crippen LogP contribution >= 0.6 is 34.6 Å². The van der Waals surface area contributed by atoms with Gasteiger partial charge in [-0.3, -0.25) is 9.52 Å². The first-order valence-corrected chi connectivity index (χ1v) is 17.2. The zero-order chi connectivity index (χ0) is 29.5. The van der Waals surface area contributed by atoms with Gasteiger partial charge in [0.2, 0.25) is 0 Å². The molecule has 0 atom stereocenters. The quantitative estimate of drug-likeness (QED) is 0.172. The lowest BCUT2D eigenvalue weighted by Gasteiger charge is -2.37. The summed E-state index contributed by atoms with van der Waals surface area (Å²) in [6.45, 7) is 15.2. The molecule has 1 aromatic carbocycles. The number of hydrogen-bond donors (Lipinski definition) is 1. The van der Waals surface area contributed by atoms with Gasteiger partial charge >= 0.3 is 5.24 Å². The molecular formula is C31H39N7OS3. The number of carbonyl (C=O) groups is 1. The Hall–Kier alpha value is -3.28. The first-order chi connectivity index (χ1) is 20.5. The van der Waals surface area contributed by atoms with Crippen molar-refractivity contribution in [3.05, 3.63) is 59.3 Å². The number of hydrogen-bond acceptors (Lipinski definition) is 10. The van der Waals surface area contributed by atoms with E-state index in [9.17, 15) is 4.79 Å². The standard InChI is InChI=1S/C31H39N7OS3/c1-5-35(6-2)26-14-15-28(36(7-3)8-4)33-29(26)37-16-18-38(19-17-37)31(39)42-34-30-32-25(22-41-30)27-20-24(21-40-27)23-12-10-9-11-13-23/h9-15,20-22H,5-8,16-19H2,1-4H3,(H,32,34). The molecule has 4 heterocycles. The maximum Gasteiger partial charge on any atom is 0.302 e. The number of piperazine rings is 1. The number of anilines is 4. The van der Waals surface area contributed by atoms with Crippen molar-refractivity contribution in [3.8, 4) is 21.7 Å². The summed E-state index contributed by atoms with van der Waals surface area (Å²) in [5.74, 6) is 2.02. The van der Waals surface area contributed by atoms with Gasteiger partial charge in [-0.2, -0.15) is 0 Å². The predicted molar refractivity (Wildman–Crippen MR) is 183 cm³/mol. The minimum absolute atomic E-state index is 0.0164. The molecule has 1 N–H and O–H groups in total. The molecule has 0 aliphatic carbocycles. The monoisotopic (exact) mass is 621 g/mol. The molecule has 0 saturated carbocycles. The van der Waals surface area contributed by atoms with E-state index in [0.717, 1.165) is 84.2 Å².